The molecule has 4 rings (SSSR count). The fourth-order valence-corrected chi connectivity index (χ4v) is 5.78. The largest absolute Gasteiger partial charge is 0.497 e. The Morgan fingerprint density at radius 2 is 1.44 bits per heavy atom. The number of carbonyl (C=O) groups is 2. The van der Waals surface area contributed by atoms with E-state index in [9.17, 15) is 9.59 Å². The lowest BCUT2D eigenvalue weighted by Gasteiger charge is -2.39. The van der Waals surface area contributed by atoms with Crippen LogP contribution in [0.25, 0.3) is 0 Å². The van der Waals surface area contributed by atoms with Gasteiger partial charge >= 0.3 is 6.03 Å². The molecule has 6 nitrogen and oxygen atoms in total. The maximum absolute atomic E-state index is 13.6. The molecule has 176 valence electrons. The van der Waals surface area contributed by atoms with E-state index in [4.69, 9.17) is 4.74 Å². The second-order valence-electron chi connectivity index (χ2n) is 9.89. The molecule has 0 aromatic heterocycles. The summed E-state index contributed by atoms with van der Waals surface area (Å²) in [6.07, 6.45) is 12.7. The van der Waals surface area contributed by atoms with Crippen LogP contribution in [-0.4, -0.2) is 49.1 Å². The Bertz CT molecular complexity index is 759. The summed E-state index contributed by atoms with van der Waals surface area (Å²) in [4.78, 5) is 28.2. The van der Waals surface area contributed by atoms with Crippen molar-refractivity contribution in [3.05, 3.63) is 29.8 Å². The average molecular weight is 442 g/mol. The topological polar surface area (TPSA) is 70.7 Å². The Balaban J connectivity index is 1.33. The van der Waals surface area contributed by atoms with Gasteiger partial charge in [0.1, 0.15) is 5.75 Å². The number of ether oxygens (including phenoxy) is 1. The van der Waals surface area contributed by atoms with Crippen LogP contribution in [0.2, 0.25) is 0 Å². The van der Waals surface area contributed by atoms with Crippen molar-refractivity contribution in [2.24, 2.45) is 0 Å². The molecule has 0 spiro atoms. The van der Waals surface area contributed by atoms with Crippen molar-refractivity contribution >= 4 is 11.9 Å². The van der Waals surface area contributed by atoms with Gasteiger partial charge in [-0.05, 0) is 56.2 Å². The number of urea groups is 1. The number of benzene rings is 1. The zero-order valence-electron chi connectivity index (χ0n) is 19.5. The number of methoxy groups -OCH3 is 1. The van der Waals surface area contributed by atoms with Gasteiger partial charge in [0.25, 0.3) is 0 Å². The van der Waals surface area contributed by atoms with Crippen LogP contribution in [0.1, 0.15) is 82.6 Å². The quantitative estimate of drug-likeness (QED) is 0.706. The highest BCUT2D eigenvalue weighted by Gasteiger charge is 2.42. The van der Waals surface area contributed by atoms with Crippen LogP contribution in [0.4, 0.5) is 4.79 Å². The van der Waals surface area contributed by atoms with Gasteiger partial charge in [-0.3, -0.25) is 4.79 Å². The molecule has 0 unspecified atom stereocenters. The summed E-state index contributed by atoms with van der Waals surface area (Å²) in [5, 5.41) is 6.59. The van der Waals surface area contributed by atoms with Gasteiger partial charge in [0.15, 0.2) is 0 Å². The number of amides is 3. The highest BCUT2D eigenvalue weighted by atomic mass is 16.5. The maximum Gasteiger partial charge on any atom is 0.317 e. The molecule has 0 radical (unpaired) electrons. The highest BCUT2D eigenvalue weighted by molar-refractivity contribution is 5.88. The normalized spacial score (nSPS) is 22.2. The fraction of sp³-hybridized carbons (Fsp3) is 0.692. The molecule has 1 aliphatic heterocycles. The highest BCUT2D eigenvalue weighted by Crippen LogP contribution is 2.40. The summed E-state index contributed by atoms with van der Waals surface area (Å²) in [5.74, 6) is 0.978. The molecular weight excluding hydrogens is 402 g/mol. The Kier molecular flexibility index (Phi) is 7.59. The number of nitrogens with zero attached hydrogens (tertiary/aromatic N) is 1. The van der Waals surface area contributed by atoms with Crippen LogP contribution in [0.3, 0.4) is 0 Å². The van der Waals surface area contributed by atoms with Gasteiger partial charge in [0, 0.05) is 25.2 Å². The van der Waals surface area contributed by atoms with Crippen molar-refractivity contribution in [2.75, 3.05) is 20.2 Å². The predicted molar refractivity (Wildman–Crippen MR) is 126 cm³/mol. The lowest BCUT2D eigenvalue weighted by molar-refractivity contribution is -0.129. The van der Waals surface area contributed by atoms with E-state index < -0.39 is 5.41 Å². The summed E-state index contributed by atoms with van der Waals surface area (Å²) < 4.78 is 5.31. The van der Waals surface area contributed by atoms with Crippen LogP contribution in [0, 0.1) is 0 Å². The summed E-state index contributed by atoms with van der Waals surface area (Å²) in [5.41, 5.74) is 0.653. The summed E-state index contributed by atoms with van der Waals surface area (Å²) >= 11 is 0. The zero-order valence-corrected chi connectivity index (χ0v) is 19.5. The second kappa shape index (κ2) is 10.6. The van der Waals surface area contributed by atoms with E-state index in [1.807, 2.05) is 17.0 Å². The minimum Gasteiger partial charge on any atom is -0.497 e. The van der Waals surface area contributed by atoms with Crippen LogP contribution in [0.15, 0.2) is 24.3 Å². The van der Waals surface area contributed by atoms with Crippen LogP contribution < -0.4 is 15.4 Å². The summed E-state index contributed by atoms with van der Waals surface area (Å²) in [7, 11) is 1.67. The van der Waals surface area contributed by atoms with Gasteiger partial charge < -0.3 is 20.3 Å². The lowest BCUT2D eigenvalue weighted by Crippen LogP contribution is -2.54. The van der Waals surface area contributed by atoms with Crippen molar-refractivity contribution in [1.82, 2.24) is 15.5 Å². The summed E-state index contributed by atoms with van der Waals surface area (Å²) in [6, 6.07) is 8.58. The lowest BCUT2D eigenvalue weighted by atomic mass is 9.68. The first-order chi connectivity index (χ1) is 15.6. The fourth-order valence-electron chi connectivity index (χ4n) is 5.78. The molecule has 32 heavy (non-hydrogen) atoms. The van der Waals surface area contributed by atoms with E-state index in [2.05, 4.69) is 22.8 Å². The monoisotopic (exact) mass is 441 g/mol. The van der Waals surface area contributed by atoms with Crippen molar-refractivity contribution < 1.29 is 14.3 Å². The smallest absolute Gasteiger partial charge is 0.317 e. The van der Waals surface area contributed by atoms with E-state index in [1.165, 1.54) is 25.7 Å². The first-order valence-corrected chi connectivity index (χ1v) is 12.6. The standard InChI is InChI=1S/C26H39N3O3/c1-32-23-12-10-20(11-13-23)26(16-6-3-7-17-26)24(30)27-22-14-18-29(19-15-22)25(31)28-21-8-4-2-5-9-21/h10-13,21-22H,2-9,14-19H2,1H3,(H,27,30)(H,28,31). The minimum absolute atomic E-state index is 0.0728. The zero-order chi connectivity index (χ0) is 22.4. The number of nitrogens with one attached hydrogen (secondary N) is 2. The molecule has 1 heterocycles. The van der Waals surface area contributed by atoms with E-state index in [0.29, 0.717) is 19.1 Å². The van der Waals surface area contributed by atoms with E-state index in [1.54, 1.807) is 7.11 Å². The molecular formula is C26H39N3O3. The third-order valence-corrected chi connectivity index (χ3v) is 7.83. The molecule has 0 atom stereocenters. The van der Waals surface area contributed by atoms with Crippen molar-refractivity contribution in [2.45, 2.75) is 94.5 Å². The third kappa shape index (κ3) is 5.21. The minimum atomic E-state index is -0.444. The van der Waals surface area contributed by atoms with Crippen LogP contribution >= 0.6 is 0 Å². The summed E-state index contributed by atoms with van der Waals surface area (Å²) in [6.45, 7) is 1.41. The molecule has 2 aliphatic carbocycles. The molecule has 3 fully saturated rings. The number of carbonyl (C=O) groups excluding carboxylic acids is 2. The number of piperidine rings is 1. The molecule has 2 saturated carbocycles. The van der Waals surface area contributed by atoms with Crippen molar-refractivity contribution in [3.63, 3.8) is 0 Å². The van der Waals surface area contributed by atoms with Crippen LogP contribution in [0.5, 0.6) is 5.75 Å². The van der Waals surface area contributed by atoms with E-state index in [-0.39, 0.29) is 18.0 Å². The molecule has 1 saturated heterocycles. The second-order valence-corrected chi connectivity index (χ2v) is 9.89. The first-order valence-electron chi connectivity index (χ1n) is 12.6. The van der Waals surface area contributed by atoms with Crippen molar-refractivity contribution in [1.29, 1.82) is 0 Å². The van der Waals surface area contributed by atoms with E-state index in [0.717, 1.165) is 62.7 Å². The third-order valence-electron chi connectivity index (χ3n) is 7.83. The van der Waals surface area contributed by atoms with Gasteiger partial charge in [-0.25, -0.2) is 4.79 Å². The van der Waals surface area contributed by atoms with Gasteiger partial charge in [-0.1, -0.05) is 50.7 Å². The first kappa shape index (κ1) is 22.9. The molecule has 0 bridgehead atoms. The van der Waals surface area contributed by atoms with Gasteiger partial charge in [-0.15, -0.1) is 0 Å². The molecule has 3 aliphatic rings. The van der Waals surface area contributed by atoms with Crippen molar-refractivity contribution in [3.8, 4) is 5.75 Å². The van der Waals surface area contributed by atoms with E-state index >= 15 is 0 Å². The number of rotatable bonds is 5. The Labute approximate surface area is 192 Å². The molecule has 1 aromatic carbocycles. The molecule has 2 N–H and O–H groups in total. The predicted octanol–water partition coefficient (Wildman–Crippen LogP) is 4.52. The number of hydrogen-bond donors (Lipinski definition) is 2. The number of hydrogen-bond acceptors (Lipinski definition) is 3. The van der Waals surface area contributed by atoms with Gasteiger partial charge in [-0.2, -0.15) is 0 Å². The molecule has 6 heteroatoms. The maximum atomic E-state index is 13.6. The SMILES string of the molecule is COc1ccc(C2(C(=O)NC3CCN(C(=O)NC4CCCCC4)CC3)CCCCC2)cc1. The number of likely N-dealkylation sites (tertiary alicyclic amines) is 1. The van der Waals surface area contributed by atoms with Crippen LogP contribution in [-0.2, 0) is 10.2 Å². The van der Waals surface area contributed by atoms with Gasteiger partial charge in [0.05, 0.1) is 12.5 Å². The Morgan fingerprint density at radius 3 is 2.06 bits per heavy atom. The van der Waals surface area contributed by atoms with Gasteiger partial charge in [0.2, 0.25) is 5.91 Å². The molecule has 3 amide bonds. The molecule has 1 aromatic rings. The Morgan fingerprint density at radius 1 is 0.844 bits per heavy atom. The average Bonchev–Trinajstić information content (AvgIpc) is 2.85. The Hall–Kier alpha value is -2.24.